The molecule has 0 fully saturated rings. The van der Waals surface area contributed by atoms with Crippen molar-refractivity contribution in [1.82, 2.24) is 14.5 Å². The highest BCUT2D eigenvalue weighted by Crippen LogP contribution is 2.27. The Balaban J connectivity index is 1.73. The number of nitrogens with one attached hydrogen (secondary N) is 1. The third-order valence-corrected chi connectivity index (χ3v) is 5.67. The van der Waals surface area contributed by atoms with Gasteiger partial charge in [-0.1, -0.05) is 30.3 Å². The van der Waals surface area contributed by atoms with E-state index in [9.17, 15) is 9.59 Å². The number of nitrogens with zero attached hydrogens (tertiary/aromatic N) is 2. The van der Waals surface area contributed by atoms with Gasteiger partial charge < -0.3 is 19.4 Å². The van der Waals surface area contributed by atoms with Crippen LogP contribution in [0.15, 0.2) is 71.5 Å². The van der Waals surface area contributed by atoms with Gasteiger partial charge in [-0.2, -0.15) is 0 Å². The normalized spacial score (nSPS) is 10.8. The molecule has 0 unspecified atom stereocenters. The second-order valence-electron chi connectivity index (χ2n) is 7.52. The Morgan fingerprint density at radius 2 is 1.79 bits per heavy atom. The first kappa shape index (κ1) is 22.3. The van der Waals surface area contributed by atoms with Gasteiger partial charge in [-0.05, 0) is 48.1 Å². The van der Waals surface area contributed by atoms with Gasteiger partial charge in [-0.15, -0.1) is 0 Å². The number of amides is 1. The number of aromatic amines is 1. The summed E-state index contributed by atoms with van der Waals surface area (Å²) in [5, 5.41) is 0.406. The highest BCUT2D eigenvalue weighted by molar-refractivity contribution is 7.71. The SMILES string of the molecule is COc1ccc(-n2c(=S)[nH]c3cc(C(=O)N(C)Cc4ccccc4)ccc3c2=O)c(OC)c1. The Morgan fingerprint density at radius 3 is 2.48 bits per heavy atom. The summed E-state index contributed by atoms with van der Waals surface area (Å²) in [5.41, 5.74) is 2.17. The minimum absolute atomic E-state index is 0.152. The molecular weight excluding hydrogens is 438 g/mol. The predicted molar refractivity (Wildman–Crippen MR) is 130 cm³/mol. The molecule has 168 valence electrons. The van der Waals surface area contributed by atoms with Crippen molar-refractivity contribution in [1.29, 1.82) is 0 Å². The van der Waals surface area contributed by atoms with Gasteiger partial charge in [0, 0.05) is 25.2 Å². The molecule has 8 heteroatoms. The molecule has 0 aliphatic carbocycles. The first-order chi connectivity index (χ1) is 15.9. The number of rotatable bonds is 6. The monoisotopic (exact) mass is 461 g/mol. The van der Waals surface area contributed by atoms with E-state index in [-0.39, 0.29) is 16.2 Å². The van der Waals surface area contributed by atoms with E-state index in [0.717, 1.165) is 5.56 Å². The molecule has 1 aromatic heterocycles. The summed E-state index contributed by atoms with van der Waals surface area (Å²) in [6.07, 6.45) is 0. The van der Waals surface area contributed by atoms with E-state index in [1.807, 2.05) is 30.3 Å². The number of hydrogen-bond acceptors (Lipinski definition) is 5. The lowest BCUT2D eigenvalue weighted by Crippen LogP contribution is -2.26. The van der Waals surface area contributed by atoms with Gasteiger partial charge in [0.2, 0.25) is 0 Å². The molecule has 0 radical (unpaired) electrons. The van der Waals surface area contributed by atoms with E-state index >= 15 is 0 Å². The van der Waals surface area contributed by atoms with E-state index in [1.54, 1.807) is 55.5 Å². The molecule has 1 heterocycles. The lowest BCUT2D eigenvalue weighted by atomic mass is 10.1. The smallest absolute Gasteiger partial charge is 0.266 e. The van der Waals surface area contributed by atoms with Crippen molar-refractivity contribution in [2.45, 2.75) is 6.54 Å². The maximum absolute atomic E-state index is 13.3. The van der Waals surface area contributed by atoms with Gasteiger partial charge in [-0.25, -0.2) is 4.57 Å². The number of benzene rings is 3. The van der Waals surface area contributed by atoms with Gasteiger partial charge in [0.05, 0.1) is 30.8 Å². The second kappa shape index (κ2) is 9.30. The second-order valence-corrected chi connectivity index (χ2v) is 7.90. The fourth-order valence-corrected chi connectivity index (χ4v) is 3.98. The summed E-state index contributed by atoms with van der Waals surface area (Å²) in [7, 11) is 4.82. The van der Waals surface area contributed by atoms with Crippen LogP contribution < -0.4 is 15.0 Å². The molecule has 0 spiro atoms. The van der Waals surface area contributed by atoms with Crippen LogP contribution in [0.3, 0.4) is 0 Å². The van der Waals surface area contributed by atoms with Crippen LogP contribution in [-0.2, 0) is 6.54 Å². The first-order valence-corrected chi connectivity index (χ1v) is 10.6. The molecule has 33 heavy (non-hydrogen) atoms. The molecule has 0 saturated heterocycles. The molecule has 3 aromatic carbocycles. The first-order valence-electron chi connectivity index (χ1n) is 10.2. The quantitative estimate of drug-likeness (QED) is 0.433. The van der Waals surface area contributed by atoms with Crippen molar-refractivity contribution in [2.24, 2.45) is 0 Å². The lowest BCUT2D eigenvalue weighted by Gasteiger charge is -2.18. The van der Waals surface area contributed by atoms with Gasteiger partial charge in [0.1, 0.15) is 11.5 Å². The number of H-pyrrole nitrogens is 1. The summed E-state index contributed by atoms with van der Waals surface area (Å²) < 4.78 is 12.2. The molecule has 4 aromatic rings. The van der Waals surface area contributed by atoms with Crippen LogP contribution in [0.25, 0.3) is 16.6 Å². The molecule has 7 nitrogen and oxygen atoms in total. The Kier molecular flexibility index (Phi) is 6.28. The van der Waals surface area contributed by atoms with E-state index in [0.29, 0.717) is 40.2 Å². The van der Waals surface area contributed by atoms with Crippen LogP contribution in [0.5, 0.6) is 11.5 Å². The highest BCUT2D eigenvalue weighted by atomic mass is 32.1. The van der Waals surface area contributed by atoms with Crippen molar-refractivity contribution < 1.29 is 14.3 Å². The van der Waals surface area contributed by atoms with Crippen LogP contribution in [0.2, 0.25) is 0 Å². The Hall–Kier alpha value is -3.91. The van der Waals surface area contributed by atoms with E-state index < -0.39 is 0 Å². The van der Waals surface area contributed by atoms with Gasteiger partial charge in [0.15, 0.2) is 4.77 Å². The van der Waals surface area contributed by atoms with Crippen LogP contribution >= 0.6 is 12.2 Å². The highest BCUT2D eigenvalue weighted by Gasteiger charge is 2.16. The largest absolute Gasteiger partial charge is 0.497 e. The summed E-state index contributed by atoms with van der Waals surface area (Å²) in [5.74, 6) is 0.896. The zero-order valence-corrected chi connectivity index (χ0v) is 19.3. The summed E-state index contributed by atoms with van der Waals surface area (Å²) >= 11 is 5.49. The summed E-state index contributed by atoms with van der Waals surface area (Å²) in [4.78, 5) is 31.0. The predicted octanol–water partition coefficient (Wildman–Crippen LogP) is 4.34. The lowest BCUT2D eigenvalue weighted by molar-refractivity contribution is 0.0785. The van der Waals surface area contributed by atoms with E-state index in [1.165, 1.54) is 11.7 Å². The molecule has 1 N–H and O–H groups in total. The third kappa shape index (κ3) is 4.38. The molecule has 1 amide bonds. The molecule has 0 atom stereocenters. The average molecular weight is 462 g/mol. The number of ether oxygens (including phenoxy) is 2. The van der Waals surface area contributed by atoms with Crippen LogP contribution in [-0.4, -0.2) is 41.6 Å². The number of aromatic nitrogens is 2. The van der Waals surface area contributed by atoms with Crippen molar-refractivity contribution in [2.75, 3.05) is 21.3 Å². The van der Waals surface area contributed by atoms with Crippen LogP contribution in [0, 0.1) is 4.77 Å². The number of hydrogen-bond donors (Lipinski definition) is 1. The fourth-order valence-electron chi connectivity index (χ4n) is 3.69. The Bertz CT molecular complexity index is 1440. The van der Waals surface area contributed by atoms with Gasteiger partial charge in [-0.3, -0.25) is 9.59 Å². The number of fused-ring (bicyclic) bond motifs is 1. The molecule has 0 aliphatic heterocycles. The Morgan fingerprint density at radius 1 is 1.03 bits per heavy atom. The van der Waals surface area contributed by atoms with Crippen molar-refractivity contribution in [3.63, 3.8) is 0 Å². The standard InChI is InChI=1S/C25H23N3O4S/c1-27(15-16-7-5-4-6-8-16)23(29)17-9-11-19-20(13-17)26-25(33)28(24(19)30)21-12-10-18(31-2)14-22(21)32-3/h4-14H,15H2,1-3H3,(H,26,33). The minimum atomic E-state index is -0.311. The number of methoxy groups -OCH3 is 2. The number of carbonyl (C=O) groups excluding carboxylic acids is 1. The zero-order chi connectivity index (χ0) is 23.5. The van der Waals surface area contributed by atoms with Crippen LogP contribution in [0.4, 0.5) is 0 Å². The zero-order valence-electron chi connectivity index (χ0n) is 18.5. The van der Waals surface area contributed by atoms with Crippen molar-refractivity contribution in [3.05, 3.63) is 93.0 Å². The Labute approximate surface area is 195 Å². The molecule has 4 rings (SSSR count). The maximum Gasteiger partial charge on any atom is 0.266 e. The molecule has 0 bridgehead atoms. The average Bonchev–Trinajstić information content (AvgIpc) is 2.83. The summed E-state index contributed by atoms with van der Waals surface area (Å²) in [6, 6.07) is 19.8. The van der Waals surface area contributed by atoms with Crippen LogP contribution in [0.1, 0.15) is 15.9 Å². The molecule has 0 aliphatic rings. The summed E-state index contributed by atoms with van der Waals surface area (Å²) in [6.45, 7) is 0.479. The van der Waals surface area contributed by atoms with Crippen molar-refractivity contribution >= 4 is 29.0 Å². The van der Waals surface area contributed by atoms with Crippen molar-refractivity contribution in [3.8, 4) is 17.2 Å². The molecule has 0 saturated carbocycles. The minimum Gasteiger partial charge on any atom is -0.497 e. The maximum atomic E-state index is 13.3. The van der Waals surface area contributed by atoms with Gasteiger partial charge in [0.25, 0.3) is 11.5 Å². The van der Waals surface area contributed by atoms with Gasteiger partial charge >= 0.3 is 0 Å². The van der Waals surface area contributed by atoms with E-state index in [2.05, 4.69) is 4.98 Å². The third-order valence-electron chi connectivity index (χ3n) is 5.38. The number of carbonyl (C=O) groups is 1. The topological polar surface area (TPSA) is 76.6 Å². The molecular formula is C25H23N3O4S. The fraction of sp³-hybridized carbons (Fsp3) is 0.160. The van der Waals surface area contributed by atoms with E-state index in [4.69, 9.17) is 21.7 Å².